The number of nitriles is 1. The normalized spacial score (nSPS) is 15.4. The van der Waals surface area contributed by atoms with Gasteiger partial charge in [-0.2, -0.15) is 10.4 Å². The zero-order chi connectivity index (χ0) is 21.8. The molecule has 2 N–H and O–H groups in total. The van der Waals surface area contributed by atoms with Gasteiger partial charge in [0, 0.05) is 29.1 Å². The molecule has 1 amide bonds. The summed E-state index contributed by atoms with van der Waals surface area (Å²) in [6, 6.07) is 9.07. The molecule has 160 valence electrons. The minimum atomic E-state index is -0.157. The van der Waals surface area contributed by atoms with E-state index in [-0.39, 0.29) is 11.9 Å². The van der Waals surface area contributed by atoms with Crippen LogP contribution < -0.4 is 10.6 Å². The minimum Gasteiger partial charge on any atom is -0.346 e. The highest BCUT2D eigenvalue weighted by Crippen LogP contribution is 2.28. The lowest BCUT2D eigenvalue weighted by Crippen LogP contribution is -2.36. The van der Waals surface area contributed by atoms with Crippen LogP contribution in [0, 0.1) is 11.3 Å². The topological polar surface area (TPSA) is 95.6 Å². The molecule has 3 heterocycles. The van der Waals surface area contributed by atoms with Crippen LogP contribution in [-0.2, 0) is 6.54 Å². The number of carbonyl (C=O) groups is 1. The maximum atomic E-state index is 12.6. The van der Waals surface area contributed by atoms with E-state index in [1.165, 1.54) is 0 Å². The highest BCUT2D eigenvalue weighted by atomic mass is 35.5. The quantitative estimate of drug-likeness (QED) is 0.590. The number of hydrogen-bond acceptors (Lipinski definition) is 6. The van der Waals surface area contributed by atoms with Crippen molar-refractivity contribution in [2.24, 2.45) is 0 Å². The third-order valence-electron chi connectivity index (χ3n) is 5.31. The van der Waals surface area contributed by atoms with Crippen molar-refractivity contribution in [2.75, 3.05) is 13.1 Å². The first-order valence-corrected chi connectivity index (χ1v) is 11.5. The zero-order valence-electron chi connectivity index (χ0n) is 17.1. The van der Waals surface area contributed by atoms with Gasteiger partial charge in [0.25, 0.3) is 5.91 Å². The average Bonchev–Trinajstić information content (AvgIpc) is 3.44. The minimum absolute atomic E-state index is 0.117. The van der Waals surface area contributed by atoms with Crippen LogP contribution in [0.3, 0.4) is 0 Å². The molecule has 9 heteroatoms. The van der Waals surface area contributed by atoms with Gasteiger partial charge < -0.3 is 10.6 Å². The summed E-state index contributed by atoms with van der Waals surface area (Å²) in [6.45, 7) is 4.48. The first kappa shape index (κ1) is 21.5. The Hall–Kier alpha value is -2.73. The van der Waals surface area contributed by atoms with Crippen LogP contribution >= 0.6 is 22.9 Å². The Morgan fingerprint density at radius 3 is 2.97 bits per heavy atom. The number of rotatable bonds is 6. The largest absolute Gasteiger partial charge is 0.346 e. The fraction of sp³-hybridized carbons (Fsp3) is 0.364. The van der Waals surface area contributed by atoms with Crippen LogP contribution in [0.1, 0.15) is 46.7 Å². The van der Waals surface area contributed by atoms with Crippen molar-refractivity contribution >= 4 is 28.8 Å². The fourth-order valence-corrected chi connectivity index (χ4v) is 4.85. The maximum Gasteiger partial charge on any atom is 0.271 e. The maximum absolute atomic E-state index is 12.6. The number of halogens is 1. The molecule has 4 rings (SSSR count). The molecule has 0 radical (unpaired) electrons. The first-order valence-electron chi connectivity index (χ1n) is 10.2. The Morgan fingerprint density at radius 1 is 1.42 bits per heavy atom. The van der Waals surface area contributed by atoms with Gasteiger partial charge in [0.2, 0.25) is 0 Å². The molecule has 1 unspecified atom stereocenters. The van der Waals surface area contributed by atoms with E-state index in [1.54, 1.807) is 28.2 Å². The third-order valence-corrected chi connectivity index (χ3v) is 6.63. The summed E-state index contributed by atoms with van der Waals surface area (Å²) in [5.74, 6) is 0.290. The van der Waals surface area contributed by atoms with Crippen molar-refractivity contribution in [1.29, 1.82) is 5.26 Å². The molecule has 0 spiro atoms. The molecule has 3 aromatic rings. The Kier molecular flexibility index (Phi) is 6.66. The number of hydrogen-bond donors (Lipinski definition) is 2. The Balaban J connectivity index is 1.35. The van der Waals surface area contributed by atoms with E-state index in [0.29, 0.717) is 28.7 Å². The van der Waals surface area contributed by atoms with Gasteiger partial charge in [0.1, 0.15) is 11.8 Å². The van der Waals surface area contributed by atoms with Gasteiger partial charge in [-0.1, -0.05) is 17.7 Å². The predicted molar refractivity (Wildman–Crippen MR) is 121 cm³/mol. The highest BCUT2D eigenvalue weighted by molar-refractivity contribution is 7.09. The van der Waals surface area contributed by atoms with Gasteiger partial charge in [-0.3, -0.25) is 9.48 Å². The Labute approximate surface area is 190 Å². The van der Waals surface area contributed by atoms with E-state index < -0.39 is 0 Å². The van der Waals surface area contributed by atoms with Crippen LogP contribution in [0.2, 0.25) is 5.02 Å². The number of nitrogens with zero attached hydrogens (tertiary/aromatic N) is 4. The monoisotopic (exact) mass is 454 g/mol. The molecule has 0 saturated carbocycles. The Morgan fingerprint density at radius 2 is 2.23 bits per heavy atom. The summed E-state index contributed by atoms with van der Waals surface area (Å²) in [5.41, 5.74) is 2.52. The molecule has 1 atom stereocenters. The van der Waals surface area contributed by atoms with Gasteiger partial charge >= 0.3 is 0 Å². The number of amides is 1. The van der Waals surface area contributed by atoms with E-state index in [9.17, 15) is 4.79 Å². The molecular weight excluding hydrogens is 432 g/mol. The number of aromatic nitrogens is 3. The highest BCUT2D eigenvalue weighted by Gasteiger charge is 2.21. The van der Waals surface area contributed by atoms with Crippen molar-refractivity contribution in [3.05, 3.63) is 57.1 Å². The molecule has 1 aliphatic rings. The van der Waals surface area contributed by atoms with Crippen LogP contribution in [0.5, 0.6) is 0 Å². The van der Waals surface area contributed by atoms with Crippen molar-refractivity contribution in [1.82, 2.24) is 25.4 Å². The summed E-state index contributed by atoms with van der Waals surface area (Å²) in [7, 11) is 0. The Bertz CT molecular complexity index is 1110. The standard InChI is InChI=1S/C22H23ClN6OS/c1-14(26-21(30)20-13-31-22(27-20)15-4-7-25-8-5-15)12-29-9-6-19(28-29)16-2-3-17(11-24)18(23)10-16/h2-3,6,9-10,13-15,25H,4-5,7-8,12H2,1H3,(H,26,30). The predicted octanol–water partition coefficient (Wildman–Crippen LogP) is 3.82. The van der Waals surface area contributed by atoms with Gasteiger partial charge in [-0.25, -0.2) is 4.98 Å². The van der Waals surface area contributed by atoms with E-state index in [2.05, 4.69) is 26.8 Å². The van der Waals surface area contributed by atoms with E-state index >= 15 is 0 Å². The van der Waals surface area contributed by atoms with Crippen LogP contribution in [0.25, 0.3) is 11.3 Å². The molecule has 0 bridgehead atoms. The molecule has 0 aliphatic carbocycles. The lowest BCUT2D eigenvalue weighted by molar-refractivity contribution is 0.0931. The van der Waals surface area contributed by atoms with Gasteiger partial charge in [0.15, 0.2) is 0 Å². The molecular formula is C22H23ClN6OS. The van der Waals surface area contributed by atoms with Crippen LogP contribution in [-0.4, -0.2) is 39.8 Å². The number of benzene rings is 1. The fourth-order valence-electron chi connectivity index (χ4n) is 3.65. The molecule has 1 saturated heterocycles. The summed E-state index contributed by atoms with van der Waals surface area (Å²) in [5, 5.41) is 23.2. The SMILES string of the molecule is CC(Cn1ccc(-c2ccc(C#N)c(Cl)c2)n1)NC(=O)c1csc(C2CCNCC2)n1. The van der Waals surface area contributed by atoms with Crippen molar-refractivity contribution in [3.63, 3.8) is 0 Å². The molecule has 1 aliphatic heterocycles. The summed E-state index contributed by atoms with van der Waals surface area (Å²) < 4.78 is 1.79. The number of carbonyl (C=O) groups excluding carboxylic acids is 1. The van der Waals surface area contributed by atoms with E-state index in [1.807, 2.05) is 30.6 Å². The number of piperidine rings is 1. The lowest BCUT2D eigenvalue weighted by atomic mass is 9.99. The summed E-state index contributed by atoms with van der Waals surface area (Å²) in [4.78, 5) is 17.2. The zero-order valence-corrected chi connectivity index (χ0v) is 18.7. The smallest absolute Gasteiger partial charge is 0.271 e. The number of thiazole rings is 1. The van der Waals surface area contributed by atoms with E-state index in [0.717, 1.165) is 42.2 Å². The lowest BCUT2D eigenvalue weighted by Gasteiger charge is -2.20. The van der Waals surface area contributed by atoms with Crippen LogP contribution in [0.15, 0.2) is 35.8 Å². The molecule has 7 nitrogen and oxygen atoms in total. The second kappa shape index (κ2) is 9.60. The first-order chi connectivity index (χ1) is 15.0. The van der Waals surface area contributed by atoms with Crippen molar-refractivity contribution in [2.45, 2.75) is 38.3 Å². The van der Waals surface area contributed by atoms with Gasteiger partial charge in [-0.05, 0) is 51.1 Å². The molecule has 2 aromatic heterocycles. The third kappa shape index (κ3) is 5.13. The molecule has 1 fully saturated rings. The van der Waals surface area contributed by atoms with Gasteiger partial charge in [-0.15, -0.1) is 11.3 Å². The second-order valence-electron chi connectivity index (χ2n) is 7.70. The van der Waals surface area contributed by atoms with Crippen LogP contribution in [0.4, 0.5) is 0 Å². The average molecular weight is 455 g/mol. The van der Waals surface area contributed by atoms with Crippen molar-refractivity contribution < 1.29 is 4.79 Å². The van der Waals surface area contributed by atoms with Gasteiger partial charge in [0.05, 0.1) is 27.8 Å². The molecule has 1 aromatic carbocycles. The molecule has 31 heavy (non-hydrogen) atoms. The second-order valence-corrected chi connectivity index (χ2v) is 9.00. The van der Waals surface area contributed by atoms with Crippen molar-refractivity contribution in [3.8, 4) is 17.3 Å². The van der Waals surface area contributed by atoms with E-state index in [4.69, 9.17) is 16.9 Å². The summed E-state index contributed by atoms with van der Waals surface area (Å²) >= 11 is 7.70. The number of nitrogens with one attached hydrogen (secondary N) is 2. The summed E-state index contributed by atoms with van der Waals surface area (Å²) in [6.07, 6.45) is 4.00.